The molecule has 1 aromatic heterocycles. The van der Waals surface area contributed by atoms with Gasteiger partial charge in [0.15, 0.2) is 12.6 Å². The van der Waals surface area contributed by atoms with Gasteiger partial charge in [-0.05, 0) is 24.5 Å². The highest BCUT2D eigenvalue weighted by molar-refractivity contribution is 5.79. The second kappa shape index (κ2) is 8.03. The lowest BCUT2D eigenvalue weighted by Crippen LogP contribution is -2.41. The molecule has 0 atom stereocenters. The molecule has 0 aliphatic heterocycles. The van der Waals surface area contributed by atoms with Gasteiger partial charge in [-0.2, -0.15) is 13.2 Å². The highest BCUT2D eigenvalue weighted by Crippen LogP contribution is 2.18. The van der Waals surface area contributed by atoms with Gasteiger partial charge in [-0.3, -0.25) is 4.99 Å². The average molecular weight is 330 g/mol. The van der Waals surface area contributed by atoms with Crippen LogP contribution in [0.25, 0.3) is 0 Å². The van der Waals surface area contributed by atoms with E-state index >= 15 is 0 Å². The zero-order valence-electron chi connectivity index (χ0n) is 13.0. The summed E-state index contributed by atoms with van der Waals surface area (Å²) in [6, 6.07) is 3.64. The van der Waals surface area contributed by atoms with E-state index in [4.69, 9.17) is 0 Å². The molecular formula is C15H21F3N4O. The van der Waals surface area contributed by atoms with Crippen LogP contribution in [-0.2, 0) is 6.54 Å². The van der Waals surface area contributed by atoms with E-state index < -0.39 is 12.8 Å². The summed E-state index contributed by atoms with van der Waals surface area (Å²) in [6.45, 7) is -0.918. The minimum absolute atomic E-state index is 0.0413. The van der Waals surface area contributed by atoms with Crippen LogP contribution in [0.2, 0.25) is 0 Å². The van der Waals surface area contributed by atoms with Crippen LogP contribution in [0.3, 0.4) is 0 Å². The minimum Gasteiger partial charge on any atom is -0.468 e. The first-order chi connectivity index (χ1) is 11.0. The Hall–Kier alpha value is -1.99. The predicted octanol–water partition coefficient (Wildman–Crippen LogP) is 2.63. The molecule has 2 N–H and O–H groups in total. The first-order valence-electron chi connectivity index (χ1n) is 7.58. The number of halogens is 3. The topological polar surface area (TPSA) is 58.5 Å². The number of guanidine groups is 1. The maximum atomic E-state index is 12.1. The monoisotopic (exact) mass is 330 g/mol. The minimum atomic E-state index is -4.37. The lowest BCUT2D eigenvalue weighted by Gasteiger charge is -2.17. The van der Waals surface area contributed by atoms with Crippen LogP contribution >= 0.6 is 0 Å². The number of hydrogen-bond donors (Lipinski definition) is 2. The summed E-state index contributed by atoms with van der Waals surface area (Å²) < 4.78 is 41.1. The molecule has 5 nitrogen and oxygen atoms in total. The van der Waals surface area contributed by atoms with Crippen molar-refractivity contribution in [2.75, 3.05) is 13.7 Å². The summed E-state index contributed by atoms with van der Waals surface area (Å²) in [5.74, 6) is 0.645. The molecule has 23 heavy (non-hydrogen) atoms. The summed E-state index contributed by atoms with van der Waals surface area (Å²) >= 11 is 0. The van der Waals surface area contributed by atoms with E-state index in [-0.39, 0.29) is 5.88 Å². The van der Waals surface area contributed by atoms with Crippen LogP contribution in [-0.4, -0.2) is 36.8 Å². The van der Waals surface area contributed by atoms with Gasteiger partial charge in [-0.25, -0.2) is 4.98 Å². The number of rotatable bonds is 5. The smallest absolute Gasteiger partial charge is 0.422 e. The van der Waals surface area contributed by atoms with E-state index in [1.54, 1.807) is 13.1 Å². The lowest BCUT2D eigenvalue weighted by molar-refractivity contribution is -0.154. The molecule has 1 aliphatic carbocycles. The molecule has 0 bridgehead atoms. The molecule has 1 aliphatic rings. The molecule has 0 saturated heterocycles. The molecule has 8 heteroatoms. The van der Waals surface area contributed by atoms with Crippen LogP contribution < -0.4 is 15.4 Å². The summed E-state index contributed by atoms with van der Waals surface area (Å²) in [4.78, 5) is 7.93. The normalized spacial score (nSPS) is 16.4. The van der Waals surface area contributed by atoms with Crippen molar-refractivity contribution in [3.63, 3.8) is 0 Å². The van der Waals surface area contributed by atoms with Gasteiger partial charge in [-0.1, -0.05) is 12.8 Å². The Morgan fingerprint density at radius 3 is 2.78 bits per heavy atom. The average Bonchev–Trinajstić information content (AvgIpc) is 3.02. The predicted molar refractivity (Wildman–Crippen MR) is 81.4 cm³/mol. The summed E-state index contributed by atoms with van der Waals surface area (Å²) in [6.07, 6.45) is 1.76. The van der Waals surface area contributed by atoms with Gasteiger partial charge in [0, 0.05) is 31.9 Å². The number of pyridine rings is 1. The molecule has 1 fully saturated rings. The highest BCUT2D eigenvalue weighted by Gasteiger charge is 2.28. The van der Waals surface area contributed by atoms with Gasteiger partial charge in [0.1, 0.15) is 0 Å². The zero-order valence-corrected chi connectivity index (χ0v) is 13.0. The third kappa shape index (κ3) is 6.33. The van der Waals surface area contributed by atoms with Crippen LogP contribution in [0.4, 0.5) is 13.2 Å². The molecule has 0 spiro atoms. The largest absolute Gasteiger partial charge is 0.468 e. The third-order valence-electron chi connectivity index (χ3n) is 3.56. The fraction of sp³-hybridized carbons (Fsp3) is 0.600. The Morgan fingerprint density at radius 1 is 1.39 bits per heavy atom. The van der Waals surface area contributed by atoms with Crippen LogP contribution in [0, 0.1) is 0 Å². The Balaban J connectivity index is 1.84. The SMILES string of the molecule is CN=C(NCc1ccnc(OCC(F)(F)F)c1)NC1CCCC1. The zero-order chi connectivity index (χ0) is 16.7. The molecule has 0 aromatic carbocycles. The molecule has 128 valence electrons. The second-order valence-corrected chi connectivity index (χ2v) is 5.46. The molecule has 1 aromatic rings. The Kier molecular flexibility index (Phi) is 6.06. The van der Waals surface area contributed by atoms with Crippen molar-refractivity contribution < 1.29 is 17.9 Å². The number of hydrogen-bond acceptors (Lipinski definition) is 3. The maximum absolute atomic E-state index is 12.1. The molecular weight excluding hydrogens is 309 g/mol. The summed E-state index contributed by atoms with van der Waals surface area (Å²) in [7, 11) is 1.69. The summed E-state index contributed by atoms with van der Waals surface area (Å²) in [5.41, 5.74) is 0.770. The van der Waals surface area contributed by atoms with E-state index in [2.05, 4.69) is 25.3 Å². The van der Waals surface area contributed by atoms with E-state index in [0.717, 1.165) is 18.4 Å². The summed E-state index contributed by atoms with van der Waals surface area (Å²) in [5, 5.41) is 6.48. The number of nitrogens with one attached hydrogen (secondary N) is 2. The van der Waals surface area contributed by atoms with Crippen molar-refractivity contribution in [3.8, 4) is 5.88 Å². The van der Waals surface area contributed by atoms with Gasteiger partial charge in [0.2, 0.25) is 5.88 Å². The number of ether oxygens (including phenoxy) is 1. The van der Waals surface area contributed by atoms with Crippen molar-refractivity contribution in [1.29, 1.82) is 0 Å². The Morgan fingerprint density at radius 2 is 2.13 bits per heavy atom. The first-order valence-corrected chi connectivity index (χ1v) is 7.58. The maximum Gasteiger partial charge on any atom is 0.422 e. The van der Waals surface area contributed by atoms with Gasteiger partial charge < -0.3 is 15.4 Å². The van der Waals surface area contributed by atoms with Gasteiger partial charge >= 0.3 is 6.18 Å². The standard InChI is InChI=1S/C15H21F3N4O/c1-19-14(22-12-4-2-3-5-12)21-9-11-6-7-20-13(8-11)23-10-15(16,17)18/h6-8,12H,2-5,9-10H2,1H3,(H2,19,21,22). The van der Waals surface area contributed by atoms with Crippen LogP contribution in [0.1, 0.15) is 31.2 Å². The van der Waals surface area contributed by atoms with Crippen molar-refractivity contribution >= 4 is 5.96 Å². The van der Waals surface area contributed by atoms with Crippen molar-refractivity contribution in [2.24, 2.45) is 4.99 Å². The van der Waals surface area contributed by atoms with Crippen molar-refractivity contribution in [3.05, 3.63) is 23.9 Å². The Labute approximate surface area is 133 Å². The number of aromatic nitrogens is 1. The quantitative estimate of drug-likeness (QED) is 0.644. The molecule has 1 heterocycles. The first kappa shape index (κ1) is 17.4. The fourth-order valence-electron chi connectivity index (χ4n) is 2.44. The van der Waals surface area contributed by atoms with Crippen LogP contribution in [0.5, 0.6) is 5.88 Å². The van der Waals surface area contributed by atoms with Crippen molar-refractivity contribution in [2.45, 2.75) is 44.4 Å². The third-order valence-corrected chi connectivity index (χ3v) is 3.56. The number of aliphatic imine (C=N–C) groups is 1. The van der Waals surface area contributed by atoms with E-state index in [0.29, 0.717) is 18.5 Å². The van der Waals surface area contributed by atoms with Crippen LogP contribution in [0.15, 0.2) is 23.3 Å². The van der Waals surface area contributed by atoms with Crippen molar-refractivity contribution in [1.82, 2.24) is 15.6 Å². The van der Waals surface area contributed by atoms with Gasteiger partial charge in [0.25, 0.3) is 0 Å². The molecule has 2 rings (SSSR count). The number of nitrogens with zero attached hydrogens (tertiary/aromatic N) is 2. The molecule has 1 saturated carbocycles. The molecule has 0 amide bonds. The second-order valence-electron chi connectivity index (χ2n) is 5.46. The number of alkyl halides is 3. The van der Waals surface area contributed by atoms with Gasteiger partial charge in [-0.15, -0.1) is 0 Å². The van der Waals surface area contributed by atoms with E-state index in [9.17, 15) is 13.2 Å². The molecule has 0 radical (unpaired) electrons. The lowest BCUT2D eigenvalue weighted by atomic mass is 10.2. The Bertz CT molecular complexity index is 528. The van der Waals surface area contributed by atoms with E-state index in [1.807, 2.05) is 0 Å². The highest BCUT2D eigenvalue weighted by atomic mass is 19.4. The van der Waals surface area contributed by atoms with E-state index in [1.165, 1.54) is 25.1 Å². The fourth-order valence-corrected chi connectivity index (χ4v) is 2.44. The molecule has 0 unspecified atom stereocenters. The van der Waals surface area contributed by atoms with Gasteiger partial charge in [0.05, 0.1) is 0 Å².